The topological polar surface area (TPSA) is 115 Å². The molecule has 0 unspecified atom stereocenters. The Morgan fingerprint density at radius 3 is 2.71 bits per heavy atom. The van der Waals surface area contributed by atoms with E-state index in [0.717, 1.165) is 39.1 Å². The maximum absolute atomic E-state index is 13.8. The highest BCUT2D eigenvalue weighted by Crippen LogP contribution is 2.41. The molecule has 3 aromatic rings. The van der Waals surface area contributed by atoms with Crippen LogP contribution in [0.3, 0.4) is 0 Å². The van der Waals surface area contributed by atoms with Crippen molar-refractivity contribution in [3.05, 3.63) is 47.0 Å². The fourth-order valence-corrected chi connectivity index (χ4v) is 5.20. The van der Waals surface area contributed by atoms with Gasteiger partial charge in [-0.05, 0) is 52.7 Å². The van der Waals surface area contributed by atoms with Gasteiger partial charge in [-0.15, -0.1) is 11.3 Å². The smallest absolute Gasteiger partial charge is 0.410 e. The number of nitrogens with two attached hydrogens (primary N) is 1. The van der Waals surface area contributed by atoms with Crippen LogP contribution < -0.4 is 15.8 Å². The minimum absolute atomic E-state index is 0.0610. The van der Waals surface area contributed by atoms with E-state index in [4.69, 9.17) is 20.2 Å². The number of aryl methyl sites for hydroxylation is 1. The van der Waals surface area contributed by atoms with Gasteiger partial charge < -0.3 is 25.4 Å². The number of nitrogens with one attached hydrogen (secondary N) is 1. The third kappa shape index (κ3) is 6.39. The van der Waals surface area contributed by atoms with Crippen LogP contribution in [0.4, 0.5) is 15.1 Å². The fraction of sp³-hybridized carbons (Fsp3) is 0.407. The summed E-state index contributed by atoms with van der Waals surface area (Å²) in [6.45, 7) is 8.73. The molecule has 9 nitrogen and oxygen atoms in total. The number of fused-ring (bicyclic) bond motifs is 1. The zero-order valence-electron chi connectivity index (χ0n) is 22.2. The van der Waals surface area contributed by atoms with E-state index in [1.807, 2.05) is 27.7 Å². The van der Waals surface area contributed by atoms with Crippen LogP contribution in [-0.4, -0.2) is 59.0 Å². The molecule has 1 aromatic carbocycles. The van der Waals surface area contributed by atoms with Gasteiger partial charge >= 0.3 is 6.09 Å². The van der Waals surface area contributed by atoms with Crippen molar-refractivity contribution in [1.82, 2.24) is 14.9 Å². The van der Waals surface area contributed by atoms with Crippen molar-refractivity contribution in [1.29, 1.82) is 0 Å². The van der Waals surface area contributed by atoms with Gasteiger partial charge in [0.25, 0.3) is 0 Å². The van der Waals surface area contributed by atoms with Crippen molar-refractivity contribution in [2.75, 3.05) is 25.5 Å². The second-order valence-electron chi connectivity index (χ2n) is 10.0. The molecule has 1 saturated heterocycles. The molecule has 0 saturated carbocycles. The third-order valence-corrected chi connectivity index (χ3v) is 7.05. The number of aliphatic imine (C=N–C) groups is 1. The van der Waals surface area contributed by atoms with Crippen LogP contribution in [-0.2, 0) is 4.74 Å². The van der Waals surface area contributed by atoms with Crippen LogP contribution in [0.5, 0.6) is 5.75 Å². The molecule has 0 spiro atoms. The van der Waals surface area contributed by atoms with E-state index >= 15 is 0 Å². The second kappa shape index (κ2) is 11.3. The number of anilines is 1. The van der Waals surface area contributed by atoms with E-state index in [1.165, 1.54) is 25.4 Å². The normalized spacial score (nSPS) is 15.3. The van der Waals surface area contributed by atoms with Gasteiger partial charge in [0.15, 0.2) is 0 Å². The van der Waals surface area contributed by atoms with Gasteiger partial charge in [0.2, 0.25) is 5.95 Å². The van der Waals surface area contributed by atoms with Crippen molar-refractivity contribution < 1.29 is 18.7 Å². The molecule has 1 aliphatic heterocycles. The number of allylic oxidation sites excluding steroid dienone is 1. The van der Waals surface area contributed by atoms with Crippen molar-refractivity contribution in [3.63, 3.8) is 0 Å². The summed E-state index contributed by atoms with van der Waals surface area (Å²) in [6, 6.07) is 4.53. The lowest BCUT2D eigenvalue weighted by Crippen LogP contribution is -2.42. The number of likely N-dealkylation sites (tertiary alicyclic amines) is 1. The van der Waals surface area contributed by atoms with Gasteiger partial charge in [-0.1, -0.05) is 0 Å². The largest absolute Gasteiger partial charge is 0.496 e. The van der Waals surface area contributed by atoms with Gasteiger partial charge in [-0.2, -0.15) is 0 Å². The van der Waals surface area contributed by atoms with Crippen molar-refractivity contribution >= 4 is 39.8 Å². The molecule has 0 atom stereocenters. The second-order valence-corrected chi connectivity index (χ2v) is 11.3. The zero-order chi connectivity index (χ0) is 27.4. The number of aromatic nitrogens is 2. The quantitative estimate of drug-likeness (QED) is 0.397. The third-order valence-electron chi connectivity index (χ3n) is 6.02. The molecule has 1 aliphatic rings. The molecule has 4 rings (SSSR count). The first kappa shape index (κ1) is 27.3. The summed E-state index contributed by atoms with van der Waals surface area (Å²) in [7, 11) is 1.52. The number of carbonyl (C=O) groups excluding carboxylic acids is 1. The van der Waals surface area contributed by atoms with Gasteiger partial charge in [-0.25, -0.2) is 19.2 Å². The molecule has 38 heavy (non-hydrogen) atoms. The van der Waals surface area contributed by atoms with Crippen LogP contribution in [0.2, 0.25) is 0 Å². The van der Waals surface area contributed by atoms with E-state index in [9.17, 15) is 9.18 Å². The van der Waals surface area contributed by atoms with E-state index in [0.29, 0.717) is 30.5 Å². The Bertz CT molecular complexity index is 1370. The summed E-state index contributed by atoms with van der Waals surface area (Å²) in [4.78, 5) is 28.9. The number of hydrogen-bond donors (Lipinski definition) is 2. The number of piperidine rings is 1. The van der Waals surface area contributed by atoms with Crippen LogP contribution in [0.25, 0.3) is 21.3 Å². The van der Waals surface area contributed by atoms with Gasteiger partial charge in [-0.3, -0.25) is 4.99 Å². The van der Waals surface area contributed by atoms with E-state index in [-0.39, 0.29) is 18.0 Å². The number of ether oxygens (including phenoxy) is 2. The van der Waals surface area contributed by atoms with E-state index in [2.05, 4.69) is 15.3 Å². The van der Waals surface area contributed by atoms with Crippen LogP contribution in [0.15, 0.2) is 41.3 Å². The summed E-state index contributed by atoms with van der Waals surface area (Å²) < 4.78 is 25.6. The predicted octanol–water partition coefficient (Wildman–Crippen LogP) is 5.50. The number of carbonyl (C=O) groups is 1. The minimum Gasteiger partial charge on any atom is -0.496 e. The number of methoxy groups -OCH3 is 1. The predicted molar refractivity (Wildman–Crippen MR) is 149 cm³/mol. The number of thiophene rings is 1. The monoisotopic (exact) mass is 540 g/mol. The van der Waals surface area contributed by atoms with Crippen molar-refractivity contribution in [2.24, 2.45) is 10.7 Å². The Labute approximate surface area is 225 Å². The van der Waals surface area contributed by atoms with Gasteiger partial charge in [0.05, 0.1) is 35.3 Å². The molecular formula is C27H33FN6O3S. The fourth-order valence-electron chi connectivity index (χ4n) is 4.21. The van der Waals surface area contributed by atoms with Gasteiger partial charge in [0, 0.05) is 47.6 Å². The highest BCUT2D eigenvalue weighted by molar-refractivity contribution is 7.19. The van der Waals surface area contributed by atoms with E-state index < -0.39 is 5.60 Å². The molecule has 2 aromatic heterocycles. The molecular weight excluding hydrogens is 507 g/mol. The molecule has 0 bridgehead atoms. The number of benzene rings is 1. The van der Waals surface area contributed by atoms with Gasteiger partial charge in [0.1, 0.15) is 17.2 Å². The SMILES string of the molecule is COc1cc(F)ccc1-c1c(C)sc2cnc(NC(C=NC3CCN(C(=O)OC(C)(C)C)CC3)=CN)nc12. The summed E-state index contributed by atoms with van der Waals surface area (Å²) in [5.41, 5.74) is 8.25. The first-order chi connectivity index (χ1) is 18.1. The molecule has 202 valence electrons. The Hall–Kier alpha value is -3.73. The Morgan fingerprint density at radius 1 is 1.32 bits per heavy atom. The number of amides is 1. The molecule has 1 fully saturated rings. The summed E-state index contributed by atoms with van der Waals surface area (Å²) in [5, 5.41) is 3.13. The van der Waals surface area contributed by atoms with Crippen LogP contribution >= 0.6 is 11.3 Å². The Kier molecular flexibility index (Phi) is 8.15. The summed E-state index contributed by atoms with van der Waals surface area (Å²) in [5.74, 6) is 0.432. The summed E-state index contributed by atoms with van der Waals surface area (Å²) in [6.07, 6.45) is 6.00. The Balaban J connectivity index is 1.46. The van der Waals surface area contributed by atoms with Crippen LogP contribution in [0.1, 0.15) is 38.5 Å². The molecule has 11 heteroatoms. The van der Waals surface area contributed by atoms with E-state index in [1.54, 1.807) is 34.7 Å². The average molecular weight is 541 g/mol. The molecule has 3 N–H and O–H groups in total. The lowest BCUT2D eigenvalue weighted by atomic mass is 10.0. The lowest BCUT2D eigenvalue weighted by molar-refractivity contribution is 0.0207. The number of nitrogens with zero attached hydrogens (tertiary/aromatic N) is 4. The average Bonchev–Trinajstić information content (AvgIpc) is 3.20. The molecule has 3 heterocycles. The minimum atomic E-state index is -0.517. The molecule has 1 amide bonds. The highest BCUT2D eigenvalue weighted by Gasteiger charge is 2.26. The van der Waals surface area contributed by atoms with Crippen molar-refractivity contribution in [3.8, 4) is 16.9 Å². The Morgan fingerprint density at radius 2 is 2.05 bits per heavy atom. The maximum atomic E-state index is 13.8. The number of rotatable bonds is 6. The number of hydrogen-bond acceptors (Lipinski definition) is 9. The zero-order valence-corrected chi connectivity index (χ0v) is 23.1. The first-order valence-corrected chi connectivity index (χ1v) is 13.2. The highest BCUT2D eigenvalue weighted by atomic mass is 32.1. The van der Waals surface area contributed by atoms with Crippen LogP contribution in [0, 0.1) is 12.7 Å². The number of halogens is 1. The summed E-state index contributed by atoms with van der Waals surface area (Å²) >= 11 is 1.56. The molecule has 0 radical (unpaired) electrons. The maximum Gasteiger partial charge on any atom is 0.410 e. The molecule has 0 aliphatic carbocycles. The lowest BCUT2D eigenvalue weighted by Gasteiger charge is -2.32. The van der Waals surface area contributed by atoms with Crippen molar-refractivity contribution in [2.45, 2.75) is 52.2 Å². The first-order valence-electron chi connectivity index (χ1n) is 12.4. The standard InChI is InChI=1S/C27H33FN6O3S/c1-16-23(20-7-6-17(28)12-21(20)36-5)24-22(38-16)15-31-25(33-24)32-19(13-29)14-30-18-8-10-34(11-9-18)26(35)37-27(2,3)4/h6-7,12-15,18H,8-11,29H2,1-5H3,(H,31,32,33).